The fourth-order valence-corrected chi connectivity index (χ4v) is 3.00. The van der Waals surface area contributed by atoms with Crippen molar-refractivity contribution in [1.29, 1.82) is 0 Å². The van der Waals surface area contributed by atoms with Gasteiger partial charge in [-0.3, -0.25) is 4.79 Å². The quantitative estimate of drug-likeness (QED) is 0.722. The van der Waals surface area contributed by atoms with Gasteiger partial charge in [-0.15, -0.1) is 0 Å². The van der Waals surface area contributed by atoms with Crippen LogP contribution in [0.15, 0.2) is 30.3 Å². The predicted molar refractivity (Wildman–Crippen MR) is 103 cm³/mol. The van der Waals surface area contributed by atoms with Crippen LogP contribution in [0, 0.1) is 0 Å². The number of methoxy groups -OCH3 is 3. The lowest BCUT2D eigenvalue weighted by Gasteiger charge is -2.14. The van der Waals surface area contributed by atoms with Crippen molar-refractivity contribution in [3.63, 3.8) is 0 Å². The summed E-state index contributed by atoms with van der Waals surface area (Å²) < 4.78 is 15.9. The van der Waals surface area contributed by atoms with Crippen LogP contribution in [-0.4, -0.2) is 27.2 Å². The molecule has 0 unspecified atom stereocenters. The lowest BCUT2D eigenvalue weighted by Crippen LogP contribution is -2.23. The lowest BCUT2D eigenvalue weighted by atomic mass is 10.1. The number of rotatable bonds is 8. The fourth-order valence-electron chi connectivity index (χ4n) is 2.50. The van der Waals surface area contributed by atoms with Crippen molar-refractivity contribution in [3.8, 4) is 17.2 Å². The minimum absolute atomic E-state index is 0.0789. The van der Waals surface area contributed by atoms with Gasteiger partial charge in [-0.25, -0.2) is 0 Å². The SMILES string of the molecule is COc1cc(CNC(=O)CCc2ccc(Cl)cc2Cl)cc(OC)c1OC. The number of amides is 1. The molecule has 0 atom stereocenters. The van der Waals surface area contributed by atoms with Crippen LogP contribution >= 0.6 is 23.2 Å². The molecule has 0 saturated carbocycles. The summed E-state index contributed by atoms with van der Waals surface area (Å²) in [5.41, 5.74) is 1.73. The van der Waals surface area contributed by atoms with Crippen LogP contribution in [0.1, 0.15) is 17.5 Å². The molecule has 2 rings (SSSR count). The van der Waals surface area contributed by atoms with Gasteiger partial charge in [-0.05, 0) is 41.8 Å². The minimum atomic E-state index is -0.0789. The Labute approximate surface area is 163 Å². The summed E-state index contributed by atoms with van der Waals surface area (Å²) >= 11 is 12.0. The molecule has 2 aromatic rings. The van der Waals surface area contributed by atoms with Gasteiger partial charge in [0.1, 0.15) is 0 Å². The predicted octanol–water partition coefficient (Wildman–Crippen LogP) is 4.27. The van der Waals surface area contributed by atoms with Gasteiger partial charge in [0.15, 0.2) is 11.5 Å². The van der Waals surface area contributed by atoms with Gasteiger partial charge < -0.3 is 19.5 Å². The van der Waals surface area contributed by atoms with E-state index < -0.39 is 0 Å². The summed E-state index contributed by atoms with van der Waals surface area (Å²) in [5, 5.41) is 4.02. The molecule has 0 saturated heterocycles. The number of hydrogen-bond donors (Lipinski definition) is 1. The summed E-state index contributed by atoms with van der Waals surface area (Å²) in [6.45, 7) is 0.351. The maximum atomic E-state index is 12.1. The average Bonchev–Trinajstić information content (AvgIpc) is 2.64. The zero-order valence-corrected chi connectivity index (χ0v) is 16.4. The number of carbonyl (C=O) groups is 1. The first-order chi connectivity index (χ1) is 12.5. The number of halogens is 2. The minimum Gasteiger partial charge on any atom is -0.493 e. The Hall–Kier alpha value is -2.11. The van der Waals surface area contributed by atoms with E-state index in [4.69, 9.17) is 37.4 Å². The van der Waals surface area contributed by atoms with Crippen molar-refractivity contribution in [2.75, 3.05) is 21.3 Å². The summed E-state index contributed by atoms with van der Waals surface area (Å²) in [6, 6.07) is 8.87. The molecule has 0 heterocycles. The smallest absolute Gasteiger partial charge is 0.220 e. The molecule has 7 heteroatoms. The van der Waals surface area contributed by atoms with E-state index >= 15 is 0 Å². The maximum absolute atomic E-state index is 12.1. The Morgan fingerprint density at radius 2 is 1.65 bits per heavy atom. The third-order valence-corrected chi connectivity index (χ3v) is 4.44. The molecule has 0 fully saturated rings. The zero-order chi connectivity index (χ0) is 19.1. The number of hydrogen-bond acceptors (Lipinski definition) is 4. The molecule has 0 radical (unpaired) electrons. The van der Waals surface area contributed by atoms with Crippen LogP contribution < -0.4 is 19.5 Å². The van der Waals surface area contributed by atoms with Crippen molar-refractivity contribution >= 4 is 29.1 Å². The van der Waals surface area contributed by atoms with E-state index in [1.165, 1.54) is 0 Å². The second-order valence-electron chi connectivity index (χ2n) is 5.55. The summed E-state index contributed by atoms with van der Waals surface area (Å²) in [5.74, 6) is 1.53. The zero-order valence-electron chi connectivity index (χ0n) is 14.9. The van der Waals surface area contributed by atoms with E-state index in [0.29, 0.717) is 46.7 Å². The largest absolute Gasteiger partial charge is 0.493 e. The third-order valence-electron chi connectivity index (χ3n) is 3.85. The molecule has 140 valence electrons. The van der Waals surface area contributed by atoms with Gasteiger partial charge in [0.25, 0.3) is 0 Å². The average molecular weight is 398 g/mol. The molecule has 0 spiro atoms. The first kappa shape index (κ1) is 20.2. The highest BCUT2D eigenvalue weighted by Crippen LogP contribution is 2.38. The van der Waals surface area contributed by atoms with Crippen molar-refractivity contribution in [2.45, 2.75) is 19.4 Å². The number of aryl methyl sites for hydroxylation is 1. The molecular weight excluding hydrogens is 377 g/mol. The molecule has 5 nitrogen and oxygen atoms in total. The van der Waals surface area contributed by atoms with E-state index in [9.17, 15) is 4.79 Å². The maximum Gasteiger partial charge on any atom is 0.220 e. The Balaban J connectivity index is 1.96. The van der Waals surface area contributed by atoms with Gasteiger partial charge in [0, 0.05) is 23.0 Å². The Bertz CT molecular complexity index is 755. The first-order valence-electron chi connectivity index (χ1n) is 7.98. The van der Waals surface area contributed by atoms with E-state index in [1.807, 2.05) is 6.07 Å². The van der Waals surface area contributed by atoms with Crippen molar-refractivity contribution in [1.82, 2.24) is 5.32 Å². The summed E-state index contributed by atoms with van der Waals surface area (Å²) in [4.78, 5) is 12.1. The summed E-state index contributed by atoms with van der Waals surface area (Å²) in [6.07, 6.45) is 0.864. The highest BCUT2D eigenvalue weighted by molar-refractivity contribution is 6.35. The molecule has 0 bridgehead atoms. The van der Waals surface area contributed by atoms with Crippen molar-refractivity contribution in [3.05, 3.63) is 51.5 Å². The second-order valence-corrected chi connectivity index (χ2v) is 6.39. The van der Waals surface area contributed by atoms with Crippen LogP contribution in [0.5, 0.6) is 17.2 Å². The fraction of sp³-hybridized carbons (Fsp3) is 0.316. The molecule has 1 N–H and O–H groups in total. The highest BCUT2D eigenvalue weighted by atomic mass is 35.5. The van der Waals surface area contributed by atoms with Crippen LogP contribution in [0.2, 0.25) is 10.0 Å². The molecule has 0 aliphatic carbocycles. The monoisotopic (exact) mass is 397 g/mol. The normalized spacial score (nSPS) is 10.3. The van der Waals surface area contributed by atoms with E-state index in [2.05, 4.69) is 5.32 Å². The van der Waals surface area contributed by atoms with Crippen LogP contribution in [0.3, 0.4) is 0 Å². The molecule has 2 aromatic carbocycles. The number of benzene rings is 2. The van der Waals surface area contributed by atoms with Gasteiger partial charge in [-0.1, -0.05) is 29.3 Å². The summed E-state index contributed by atoms with van der Waals surface area (Å²) in [7, 11) is 4.65. The van der Waals surface area contributed by atoms with E-state index in [-0.39, 0.29) is 5.91 Å². The Morgan fingerprint density at radius 1 is 1.00 bits per heavy atom. The van der Waals surface area contributed by atoms with Gasteiger partial charge >= 0.3 is 0 Å². The molecule has 0 aromatic heterocycles. The van der Waals surface area contributed by atoms with E-state index in [0.717, 1.165) is 11.1 Å². The molecule has 0 aliphatic heterocycles. The van der Waals surface area contributed by atoms with E-state index in [1.54, 1.807) is 45.6 Å². The molecule has 1 amide bonds. The van der Waals surface area contributed by atoms with Crippen molar-refractivity contribution < 1.29 is 19.0 Å². The standard InChI is InChI=1S/C19H21Cl2NO4/c1-24-16-8-12(9-17(25-2)19(16)26-3)11-22-18(23)7-5-13-4-6-14(20)10-15(13)21/h4,6,8-10H,5,7,11H2,1-3H3,(H,22,23). The van der Waals surface area contributed by atoms with Gasteiger partial charge in [0.2, 0.25) is 11.7 Å². The second kappa shape index (κ2) is 9.55. The molecular formula is C19H21Cl2NO4. The highest BCUT2D eigenvalue weighted by Gasteiger charge is 2.13. The Morgan fingerprint density at radius 3 is 2.19 bits per heavy atom. The molecule has 0 aliphatic rings. The molecule has 26 heavy (non-hydrogen) atoms. The number of ether oxygens (including phenoxy) is 3. The number of carbonyl (C=O) groups excluding carboxylic acids is 1. The first-order valence-corrected chi connectivity index (χ1v) is 8.73. The van der Waals surface area contributed by atoms with Crippen LogP contribution in [0.4, 0.5) is 0 Å². The van der Waals surface area contributed by atoms with Gasteiger partial charge in [-0.2, -0.15) is 0 Å². The topological polar surface area (TPSA) is 56.8 Å². The number of nitrogens with one attached hydrogen (secondary N) is 1. The van der Waals surface area contributed by atoms with Crippen LogP contribution in [-0.2, 0) is 17.8 Å². The van der Waals surface area contributed by atoms with Gasteiger partial charge in [0.05, 0.1) is 21.3 Å². The Kier molecular flexibility index (Phi) is 7.42. The lowest BCUT2D eigenvalue weighted by molar-refractivity contribution is -0.121. The third kappa shape index (κ3) is 5.19. The van der Waals surface area contributed by atoms with Crippen LogP contribution in [0.25, 0.3) is 0 Å². The van der Waals surface area contributed by atoms with Crippen molar-refractivity contribution in [2.24, 2.45) is 0 Å².